The summed E-state index contributed by atoms with van der Waals surface area (Å²) in [6.07, 6.45) is 3.12. The molecule has 1 aromatic carbocycles. The highest BCUT2D eigenvalue weighted by Crippen LogP contribution is 2.25. The summed E-state index contributed by atoms with van der Waals surface area (Å²) in [5, 5.41) is 0. The summed E-state index contributed by atoms with van der Waals surface area (Å²) in [4.78, 5) is 0.376. The third-order valence-electron chi connectivity index (χ3n) is 3.83. The SMILES string of the molecule is CC(C)OCc1cccc(S(=O)(=O)N2CCCCC2C)c1. The Morgan fingerprint density at radius 2 is 2.10 bits per heavy atom. The lowest BCUT2D eigenvalue weighted by atomic mass is 10.1. The smallest absolute Gasteiger partial charge is 0.243 e. The molecule has 0 bridgehead atoms. The Morgan fingerprint density at radius 3 is 2.76 bits per heavy atom. The van der Waals surface area contributed by atoms with Crippen molar-refractivity contribution in [3.05, 3.63) is 29.8 Å². The first-order valence-corrected chi connectivity index (χ1v) is 9.07. The molecule has 0 saturated carbocycles. The van der Waals surface area contributed by atoms with Crippen LogP contribution in [0.4, 0.5) is 0 Å². The fraction of sp³-hybridized carbons (Fsp3) is 0.625. The second kappa shape index (κ2) is 6.90. The third-order valence-corrected chi connectivity index (χ3v) is 5.84. The van der Waals surface area contributed by atoms with Crippen LogP contribution in [0.15, 0.2) is 29.2 Å². The summed E-state index contributed by atoms with van der Waals surface area (Å²) in [6, 6.07) is 7.19. The van der Waals surface area contributed by atoms with Gasteiger partial charge in [-0.25, -0.2) is 8.42 Å². The van der Waals surface area contributed by atoms with Gasteiger partial charge in [-0.15, -0.1) is 0 Å². The van der Waals surface area contributed by atoms with E-state index in [9.17, 15) is 8.42 Å². The minimum absolute atomic E-state index is 0.0827. The maximum atomic E-state index is 12.8. The number of nitrogens with zero attached hydrogens (tertiary/aromatic N) is 1. The van der Waals surface area contributed by atoms with Crippen LogP contribution in [-0.2, 0) is 21.4 Å². The number of benzene rings is 1. The number of ether oxygens (including phenoxy) is 1. The molecule has 0 amide bonds. The average Bonchev–Trinajstić information content (AvgIpc) is 2.45. The monoisotopic (exact) mass is 311 g/mol. The summed E-state index contributed by atoms with van der Waals surface area (Å²) in [5.41, 5.74) is 0.898. The predicted molar refractivity (Wildman–Crippen MR) is 83.6 cm³/mol. The van der Waals surface area contributed by atoms with E-state index in [1.165, 1.54) is 0 Å². The molecule has 0 aromatic heterocycles. The Kier molecular flexibility index (Phi) is 5.41. The van der Waals surface area contributed by atoms with Crippen molar-refractivity contribution >= 4 is 10.0 Å². The largest absolute Gasteiger partial charge is 0.374 e. The minimum Gasteiger partial charge on any atom is -0.374 e. The van der Waals surface area contributed by atoms with Crippen LogP contribution in [0.5, 0.6) is 0 Å². The summed E-state index contributed by atoms with van der Waals surface area (Å²) in [6.45, 7) is 6.99. The summed E-state index contributed by atoms with van der Waals surface area (Å²) < 4.78 is 32.7. The molecule has 2 rings (SSSR count). The zero-order valence-electron chi connectivity index (χ0n) is 13.1. The van der Waals surface area contributed by atoms with E-state index in [1.54, 1.807) is 22.5 Å². The van der Waals surface area contributed by atoms with Crippen molar-refractivity contribution in [2.75, 3.05) is 6.54 Å². The molecule has 1 aliphatic heterocycles. The molecular weight excluding hydrogens is 286 g/mol. The van der Waals surface area contributed by atoms with E-state index < -0.39 is 10.0 Å². The zero-order valence-corrected chi connectivity index (χ0v) is 13.9. The molecule has 4 nitrogen and oxygen atoms in total. The van der Waals surface area contributed by atoms with Crippen molar-refractivity contribution in [3.8, 4) is 0 Å². The number of hydrogen-bond donors (Lipinski definition) is 0. The molecule has 1 aliphatic rings. The highest BCUT2D eigenvalue weighted by atomic mass is 32.2. The third kappa shape index (κ3) is 4.05. The number of sulfonamides is 1. The van der Waals surface area contributed by atoms with E-state index in [1.807, 2.05) is 26.8 Å². The van der Waals surface area contributed by atoms with Crippen molar-refractivity contribution in [1.29, 1.82) is 0 Å². The van der Waals surface area contributed by atoms with Crippen LogP contribution in [0.1, 0.15) is 45.6 Å². The lowest BCUT2D eigenvalue weighted by molar-refractivity contribution is 0.0656. The minimum atomic E-state index is -3.39. The molecule has 1 fully saturated rings. The highest BCUT2D eigenvalue weighted by molar-refractivity contribution is 7.89. The second-order valence-corrected chi connectivity index (χ2v) is 7.86. The molecule has 0 aliphatic carbocycles. The molecular formula is C16H25NO3S. The number of rotatable bonds is 5. The topological polar surface area (TPSA) is 46.6 Å². The Balaban J connectivity index is 2.21. The van der Waals surface area contributed by atoms with E-state index in [0.29, 0.717) is 18.0 Å². The average molecular weight is 311 g/mol. The normalized spacial score (nSPS) is 20.9. The molecule has 5 heteroatoms. The van der Waals surface area contributed by atoms with Gasteiger partial charge in [-0.2, -0.15) is 4.31 Å². The molecule has 0 radical (unpaired) electrons. The maximum absolute atomic E-state index is 12.8. The van der Waals surface area contributed by atoms with Crippen LogP contribution in [-0.4, -0.2) is 31.4 Å². The van der Waals surface area contributed by atoms with E-state index >= 15 is 0 Å². The van der Waals surface area contributed by atoms with E-state index in [-0.39, 0.29) is 12.1 Å². The Labute approximate surface area is 128 Å². The van der Waals surface area contributed by atoms with E-state index in [2.05, 4.69) is 0 Å². The van der Waals surface area contributed by atoms with Crippen LogP contribution in [0.3, 0.4) is 0 Å². The van der Waals surface area contributed by atoms with Gasteiger partial charge in [-0.05, 0) is 51.3 Å². The second-order valence-electron chi connectivity index (χ2n) is 5.97. The number of hydrogen-bond acceptors (Lipinski definition) is 3. The van der Waals surface area contributed by atoms with Crippen LogP contribution in [0.25, 0.3) is 0 Å². The van der Waals surface area contributed by atoms with Crippen LogP contribution in [0, 0.1) is 0 Å². The van der Waals surface area contributed by atoms with E-state index in [4.69, 9.17) is 4.74 Å². The van der Waals surface area contributed by atoms with Gasteiger partial charge in [0.1, 0.15) is 0 Å². The number of piperidine rings is 1. The van der Waals surface area contributed by atoms with Gasteiger partial charge in [-0.1, -0.05) is 18.6 Å². The van der Waals surface area contributed by atoms with Crippen molar-refractivity contribution in [2.45, 2.75) is 63.7 Å². The van der Waals surface area contributed by atoms with Gasteiger partial charge in [0.15, 0.2) is 0 Å². The molecule has 1 saturated heterocycles. The first kappa shape index (κ1) is 16.5. The standard InChI is InChI=1S/C16H25NO3S/c1-13(2)20-12-15-8-6-9-16(11-15)21(18,19)17-10-5-4-7-14(17)3/h6,8-9,11,13-14H,4-5,7,10,12H2,1-3H3. The molecule has 1 atom stereocenters. The van der Waals surface area contributed by atoms with Crippen LogP contribution in [0.2, 0.25) is 0 Å². The van der Waals surface area contributed by atoms with Crippen LogP contribution < -0.4 is 0 Å². The molecule has 1 unspecified atom stereocenters. The fourth-order valence-electron chi connectivity index (χ4n) is 2.62. The Morgan fingerprint density at radius 1 is 1.33 bits per heavy atom. The zero-order chi connectivity index (χ0) is 15.5. The van der Waals surface area contributed by atoms with Gasteiger partial charge in [0.2, 0.25) is 10.0 Å². The lowest BCUT2D eigenvalue weighted by Crippen LogP contribution is -2.41. The molecule has 0 N–H and O–H groups in total. The summed E-state index contributed by atoms with van der Waals surface area (Å²) in [5.74, 6) is 0. The van der Waals surface area contributed by atoms with Crippen molar-refractivity contribution in [2.24, 2.45) is 0 Å². The maximum Gasteiger partial charge on any atom is 0.243 e. The molecule has 1 aromatic rings. The van der Waals surface area contributed by atoms with Crippen molar-refractivity contribution in [1.82, 2.24) is 4.31 Å². The first-order chi connectivity index (χ1) is 9.91. The van der Waals surface area contributed by atoms with Crippen molar-refractivity contribution in [3.63, 3.8) is 0 Å². The highest BCUT2D eigenvalue weighted by Gasteiger charge is 2.30. The quantitative estimate of drug-likeness (QED) is 0.839. The Bertz CT molecular complexity index is 569. The molecule has 0 spiro atoms. The summed E-state index contributed by atoms with van der Waals surface area (Å²) in [7, 11) is -3.39. The van der Waals surface area contributed by atoms with Gasteiger partial charge in [0.25, 0.3) is 0 Å². The van der Waals surface area contributed by atoms with Crippen LogP contribution >= 0.6 is 0 Å². The van der Waals surface area contributed by atoms with Gasteiger partial charge in [0, 0.05) is 12.6 Å². The van der Waals surface area contributed by atoms with Gasteiger partial charge in [0.05, 0.1) is 17.6 Å². The van der Waals surface area contributed by atoms with Crippen molar-refractivity contribution < 1.29 is 13.2 Å². The predicted octanol–water partition coefficient (Wildman–Crippen LogP) is 3.17. The fourth-order valence-corrected chi connectivity index (χ4v) is 4.39. The van der Waals surface area contributed by atoms with Gasteiger partial charge < -0.3 is 4.74 Å². The van der Waals surface area contributed by atoms with Gasteiger partial charge in [-0.3, -0.25) is 0 Å². The van der Waals surface area contributed by atoms with E-state index in [0.717, 1.165) is 24.8 Å². The lowest BCUT2D eigenvalue weighted by Gasteiger charge is -2.32. The molecule has 21 heavy (non-hydrogen) atoms. The summed E-state index contributed by atoms with van der Waals surface area (Å²) >= 11 is 0. The van der Waals surface area contributed by atoms with Gasteiger partial charge >= 0.3 is 0 Å². The molecule has 118 valence electrons. The first-order valence-electron chi connectivity index (χ1n) is 7.63. The Hall–Kier alpha value is -0.910. The molecule has 1 heterocycles.